The zero-order valence-corrected chi connectivity index (χ0v) is 20.1. The summed E-state index contributed by atoms with van der Waals surface area (Å²) in [6.45, 7) is 12.6. The summed E-state index contributed by atoms with van der Waals surface area (Å²) in [4.78, 5) is 14.7. The third-order valence-corrected chi connectivity index (χ3v) is 7.18. The van der Waals surface area contributed by atoms with Gasteiger partial charge in [0.25, 0.3) is 0 Å². The van der Waals surface area contributed by atoms with E-state index in [2.05, 4.69) is 21.8 Å². The van der Waals surface area contributed by atoms with Crippen LogP contribution in [0, 0.1) is 11.8 Å². The Morgan fingerprint density at radius 2 is 1.84 bits per heavy atom. The predicted molar refractivity (Wildman–Crippen MR) is 123 cm³/mol. The second-order valence-electron chi connectivity index (χ2n) is 11.0. The topological polar surface area (TPSA) is 59.4 Å². The van der Waals surface area contributed by atoms with Crippen LogP contribution in [0.1, 0.15) is 89.6 Å². The van der Waals surface area contributed by atoms with E-state index >= 15 is 0 Å². The number of carbonyl (C=O) groups is 1. The minimum absolute atomic E-state index is 0.269. The molecule has 6 nitrogen and oxygen atoms in total. The minimum Gasteiger partial charge on any atom is -0.444 e. The van der Waals surface area contributed by atoms with Crippen LogP contribution in [0.4, 0.5) is 4.79 Å². The first kappa shape index (κ1) is 22.6. The Labute approximate surface area is 188 Å². The van der Waals surface area contributed by atoms with E-state index in [9.17, 15) is 4.79 Å². The van der Waals surface area contributed by atoms with E-state index in [0.29, 0.717) is 0 Å². The summed E-state index contributed by atoms with van der Waals surface area (Å²) in [6, 6.07) is 0.271. The summed E-state index contributed by atoms with van der Waals surface area (Å²) in [5.74, 6) is 1.66. The summed E-state index contributed by atoms with van der Waals surface area (Å²) in [7, 11) is 0. The molecule has 1 aliphatic heterocycles. The van der Waals surface area contributed by atoms with Gasteiger partial charge in [-0.05, 0) is 90.5 Å². The number of hydrogen-bond acceptors (Lipinski definition) is 4. The van der Waals surface area contributed by atoms with Crippen molar-refractivity contribution in [2.24, 2.45) is 11.8 Å². The van der Waals surface area contributed by atoms with Crippen molar-refractivity contribution >= 4 is 6.09 Å². The lowest BCUT2D eigenvalue weighted by Crippen LogP contribution is -2.41. The van der Waals surface area contributed by atoms with Crippen LogP contribution in [-0.2, 0) is 30.7 Å². The van der Waals surface area contributed by atoms with Gasteiger partial charge in [-0.3, -0.25) is 9.58 Å². The van der Waals surface area contributed by atoms with Crippen molar-refractivity contribution in [1.29, 1.82) is 0 Å². The van der Waals surface area contributed by atoms with Crippen LogP contribution in [-0.4, -0.2) is 45.5 Å². The molecule has 0 atom stereocenters. The van der Waals surface area contributed by atoms with Gasteiger partial charge in [0.2, 0.25) is 0 Å². The lowest BCUT2D eigenvalue weighted by atomic mass is 9.84. The number of fused-ring (bicyclic) bond motifs is 1. The molecule has 1 aromatic rings. The van der Waals surface area contributed by atoms with Gasteiger partial charge in [0.1, 0.15) is 5.60 Å². The molecule has 174 valence electrons. The van der Waals surface area contributed by atoms with Gasteiger partial charge >= 0.3 is 6.09 Å². The smallest absolute Gasteiger partial charge is 0.407 e. The predicted octanol–water partition coefficient (Wildman–Crippen LogP) is 4.69. The van der Waals surface area contributed by atoms with Crippen LogP contribution in [0.25, 0.3) is 0 Å². The van der Waals surface area contributed by atoms with Crippen LogP contribution < -0.4 is 5.32 Å². The maximum Gasteiger partial charge on any atom is 0.407 e. The Balaban J connectivity index is 1.21. The highest BCUT2D eigenvalue weighted by atomic mass is 16.6. The number of aromatic nitrogens is 2. The van der Waals surface area contributed by atoms with E-state index in [0.717, 1.165) is 57.2 Å². The van der Waals surface area contributed by atoms with Crippen molar-refractivity contribution in [2.45, 2.75) is 110 Å². The fourth-order valence-electron chi connectivity index (χ4n) is 5.26. The van der Waals surface area contributed by atoms with Crippen molar-refractivity contribution in [3.05, 3.63) is 17.0 Å². The van der Waals surface area contributed by atoms with Crippen molar-refractivity contribution in [2.75, 3.05) is 13.1 Å². The molecule has 0 aromatic carbocycles. The Bertz CT molecular complexity index is 754. The van der Waals surface area contributed by atoms with E-state index in [1.807, 2.05) is 20.8 Å². The molecule has 2 aliphatic carbocycles. The SMILES string of the molecule is CCc1c2c(nn1CC1CC1)CCN(CC[C@H]1CC[C@H](NC(=O)OC(C)(C)C)CC1)C2. The van der Waals surface area contributed by atoms with Crippen molar-refractivity contribution in [3.63, 3.8) is 0 Å². The maximum absolute atomic E-state index is 12.0. The molecule has 2 fully saturated rings. The molecule has 3 aliphatic rings. The number of ether oxygens (including phenoxy) is 1. The molecule has 2 heterocycles. The number of rotatable bonds is 7. The van der Waals surface area contributed by atoms with E-state index in [-0.39, 0.29) is 12.1 Å². The van der Waals surface area contributed by atoms with Gasteiger partial charge in [-0.15, -0.1) is 0 Å². The van der Waals surface area contributed by atoms with Crippen molar-refractivity contribution < 1.29 is 9.53 Å². The van der Waals surface area contributed by atoms with Crippen molar-refractivity contribution in [1.82, 2.24) is 20.0 Å². The Morgan fingerprint density at radius 3 is 2.48 bits per heavy atom. The summed E-state index contributed by atoms with van der Waals surface area (Å²) in [6.07, 6.45) is 10.5. The van der Waals surface area contributed by atoms with Gasteiger partial charge in [0.05, 0.1) is 5.69 Å². The number of alkyl carbamates (subject to hydrolysis) is 1. The zero-order chi connectivity index (χ0) is 22.0. The molecule has 2 saturated carbocycles. The third-order valence-electron chi connectivity index (χ3n) is 7.18. The second-order valence-corrected chi connectivity index (χ2v) is 11.0. The van der Waals surface area contributed by atoms with E-state index in [4.69, 9.17) is 9.84 Å². The Morgan fingerprint density at radius 1 is 1.13 bits per heavy atom. The minimum atomic E-state index is -0.429. The molecule has 0 spiro atoms. The average molecular weight is 431 g/mol. The fourth-order valence-corrected chi connectivity index (χ4v) is 5.26. The van der Waals surface area contributed by atoms with Crippen LogP contribution in [0.15, 0.2) is 0 Å². The molecule has 0 bridgehead atoms. The van der Waals surface area contributed by atoms with Crippen LogP contribution >= 0.6 is 0 Å². The first-order valence-corrected chi connectivity index (χ1v) is 12.6. The molecular formula is C25H42N4O2. The number of nitrogens with zero attached hydrogens (tertiary/aromatic N) is 3. The Kier molecular flexibility index (Phi) is 6.95. The summed E-state index contributed by atoms with van der Waals surface area (Å²) in [5, 5.41) is 8.05. The molecule has 1 N–H and O–H groups in total. The van der Waals surface area contributed by atoms with Gasteiger partial charge in [0, 0.05) is 43.4 Å². The van der Waals surface area contributed by atoms with Crippen molar-refractivity contribution in [3.8, 4) is 0 Å². The van der Waals surface area contributed by atoms with Gasteiger partial charge in [-0.1, -0.05) is 6.92 Å². The second kappa shape index (κ2) is 9.51. The summed E-state index contributed by atoms with van der Waals surface area (Å²) in [5.41, 5.74) is 3.95. The molecule has 0 radical (unpaired) electrons. The van der Waals surface area contributed by atoms with E-state index in [1.54, 1.807) is 0 Å². The lowest BCUT2D eigenvalue weighted by Gasteiger charge is -2.32. The van der Waals surface area contributed by atoms with Gasteiger partial charge in [-0.25, -0.2) is 4.79 Å². The quantitative estimate of drug-likeness (QED) is 0.682. The van der Waals surface area contributed by atoms with Crippen LogP contribution in [0.3, 0.4) is 0 Å². The average Bonchev–Trinajstić information content (AvgIpc) is 3.45. The number of carbonyl (C=O) groups excluding carboxylic acids is 1. The van der Waals surface area contributed by atoms with Gasteiger partial charge < -0.3 is 10.1 Å². The Hall–Kier alpha value is -1.56. The molecule has 0 saturated heterocycles. The largest absolute Gasteiger partial charge is 0.444 e. The first-order chi connectivity index (χ1) is 14.8. The maximum atomic E-state index is 12.0. The van der Waals surface area contributed by atoms with Crippen LogP contribution in [0.5, 0.6) is 0 Å². The zero-order valence-electron chi connectivity index (χ0n) is 20.1. The molecule has 6 heteroatoms. The molecule has 1 aromatic heterocycles. The molecular weight excluding hydrogens is 388 g/mol. The normalized spacial score (nSPS) is 24.6. The number of nitrogens with one attached hydrogen (secondary N) is 1. The monoisotopic (exact) mass is 430 g/mol. The highest BCUT2D eigenvalue weighted by molar-refractivity contribution is 5.68. The molecule has 4 rings (SSSR count). The first-order valence-electron chi connectivity index (χ1n) is 12.6. The van der Waals surface area contributed by atoms with E-state index < -0.39 is 5.60 Å². The number of hydrogen-bond donors (Lipinski definition) is 1. The third kappa shape index (κ3) is 6.24. The lowest BCUT2D eigenvalue weighted by molar-refractivity contribution is 0.0485. The summed E-state index contributed by atoms with van der Waals surface area (Å²) >= 11 is 0. The summed E-state index contributed by atoms with van der Waals surface area (Å²) < 4.78 is 7.74. The molecule has 1 amide bonds. The van der Waals surface area contributed by atoms with Crippen LogP contribution in [0.2, 0.25) is 0 Å². The number of amides is 1. The van der Waals surface area contributed by atoms with E-state index in [1.165, 1.54) is 55.6 Å². The fraction of sp³-hybridized carbons (Fsp3) is 0.840. The highest BCUT2D eigenvalue weighted by Crippen LogP contribution is 2.33. The van der Waals surface area contributed by atoms with Gasteiger partial charge in [0.15, 0.2) is 0 Å². The highest BCUT2D eigenvalue weighted by Gasteiger charge is 2.29. The molecule has 31 heavy (non-hydrogen) atoms. The standard InChI is InChI=1S/C25H42N4O2/c1-5-23-21-17-28(15-13-22(21)27-29(23)16-19-6-7-19)14-12-18-8-10-20(11-9-18)26-24(30)31-25(2,3)4/h18-20H,5-17H2,1-4H3,(H,26,30)/t18-,20-. The molecule has 0 unspecified atom stereocenters. The van der Waals surface area contributed by atoms with Gasteiger partial charge in [-0.2, -0.15) is 5.10 Å².